The maximum atomic E-state index is 12.6. The van der Waals surface area contributed by atoms with Crippen LogP contribution in [-0.4, -0.2) is 19.0 Å². The third-order valence-electron chi connectivity index (χ3n) is 3.59. The molecule has 3 heteroatoms. The first-order chi connectivity index (χ1) is 8.97. The van der Waals surface area contributed by atoms with Crippen molar-refractivity contribution in [2.75, 3.05) is 18.0 Å². The minimum atomic E-state index is 0.0269. The zero-order valence-corrected chi connectivity index (χ0v) is 12.5. The van der Waals surface area contributed by atoms with Crippen molar-refractivity contribution in [1.82, 2.24) is 0 Å². The Bertz CT molecular complexity index is 398. The molecule has 1 unspecified atom stereocenters. The first kappa shape index (κ1) is 15.7. The number of hydrogen-bond donors (Lipinski definition) is 1. The van der Waals surface area contributed by atoms with Gasteiger partial charge in [-0.2, -0.15) is 0 Å². The number of anilines is 1. The zero-order valence-electron chi connectivity index (χ0n) is 12.5. The molecule has 1 aromatic rings. The highest BCUT2D eigenvalue weighted by molar-refractivity contribution is 5.94. The first-order valence-electron chi connectivity index (χ1n) is 7.05. The Morgan fingerprint density at radius 2 is 1.79 bits per heavy atom. The van der Waals surface area contributed by atoms with Crippen LogP contribution in [0.4, 0.5) is 5.69 Å². The Balaban J connectivity index is 2.93. The van der Waals surface area contributed by atoms with Crippen LogP contribution >= 0.6 is 0 Å². The molecule has 1 rings (SSSR count). The molecule has 0 aliphatic rings. The van der Waals surface area contributed by atoms with E-state index in [0.29, 0.717) is 19.0 Å². The molecular formula is C16H26N2O. The van der Waals surface area contributed by atoms with Gasteiger partial charge in [0.05, 0.1) is 0 Å². The van der Waals surface area contributed by atoms with Crippen molar-refractivity contribution in [2.45, 2.75) is 34.1 Å². The highest BCUT2D eigenvalue weighted by atomic mass is 16.2. The molecule has 0 aliphatic carbocycles. The number of carbonyl (C=O) groups excluding carboxylic acids is 1. The van der Waals surface area contributed by atoms with Crippen LogP contribution in [0.1, 0.15) is 32.8 Å². The van der Waals surface area contributed by atoms with Crippen molar-refractivity contribution in [2.24, 2.45) is 17.6 Å². The topological polar surface area (TPSA) is 46.3 Å². The largest absolute Gasteiger partial charge is 0.330 e. The van der Waals surface area contributed by atoms with Gasteiger partial charge in [0.25, 0.3) is 0 Å². The predicted octanol–water partition coefficient (Wildman–Crippen LogP) is 2.97. The van der Waals surface area contributed by atoms with Crippen molar-refractivity contribution < 1.29 is 4.79 Å². The molecular weight excluding hydrogens is 236 g/mol. The summed E-state index contributed by atoms with van der Waals surface area (Å²) in [4.78, 5) is 14.4. The van der Waals surface area contributed by atoms with E-state index < -0.39 is 0 Å². The van der Waals surface area contributed by atoms with E-state index in [4.69, 9.17) is 5.73 Å². The van der Waals surface area contributed by atoms with Crippen molar-refractivity contribution in [1.29, 1.82) is 0 Å². The van der Waals surface area contributed by atoms with E-state index in [9.17, 15) is 4.79 Å². The number of rotatable bonds is 6. The third kappa shape index (κ3) is 4.35. The fraction of sp³-hybridized carbons (Fsp3) is 0.562. The van der Waals surface area contributed by atoms with E-state index >= 15 is 0 Å². The van der Waals surface area contributed by atoms with Gasteiger partial charge in [-0.15, -0.1) is 0 Å². The molecule has 1 aromatic carbocycles. The Morgan fingerprint density at radius 3 is 2.26 bits per heavy atom. The number of hydrogen-bond acceptors (Lipinski definition) is 2. The van der Waals surface area contributed by atoms with Crippen molar-refractivity contribution >= 4 is 11.6 Å². The smallest absolute Gasteiger partial charge is 0.230 e. The number of nitrogens with zero attached hydrogens (tertiary/aromatic N) is 1. The molecule has 1 amide bonds. The molecule has 106 valence electrons. The number of carbonyl (C=O) groups is 1. The van der Waals surface area contributed by atoms with E-state index in [2.05, 4.69) is 13.8 Å². The standard InChI is InChI=1S/C16H26N2O/c1-12(2)14(4)16(19)18(11-5-10-17)15-8-6-13(3)7-9-15/h6-9,12,14H,5,10-11,17H2,1-4H3. The molecule has 0 saturated carbocycles. The molecule has 0 aliphatic heterocycles. The van der Waals surface area contributed by atoms with Crippen molar-refractivity contribution in [3.05, 3.63) is 29.8 Å². The number of benzene rings is 1. The lowest BCUT2D eigenvalue weighted by Crippen LogP contribution is -2.38. The third-order valence-corrected chi connectivity index (χ3v) is 3.59. The van der Waals surface area contributed by atoms with E-state index in [-0.39, 0.29) is 11.8 Å². The van der Waals surface area contributed by atoms with Crippen LogP contribution in [0.2, 0.25) is 0 Å². The summed E-state index contributed by atoms with van der Waals surface area (Å²) in [6, 6.07) is 8.10. The summed E-state index contributed by atoms with van der Waals surface area (Å²) in [6.45, 7) is 9.50. The summed E-state index contributed by atoms with van der Waals surface area (Å²) in [6.07, 6.45) is 0.824. The van der Waals surface area contributed by atoms with E-state index in [1.54, 1.807) is 0 Å². The monoisotopic (exact) mass is 262 g/mol. The molecule has 0 bridgehead atoms. The Morgan fingerprint density at radius 1 is 1.21 bits per heavy atom. The second kappa shape index (κ2) is 7.29. The van der Waals surface area contributed by atoms with Gasteiger partial charge >= 0.3 is 0 Å². The summed E-state index contributed by atoms with van der Waals surface area (Å²) in [5, 5.41) is 0. The minimum absolute atomic E-state index is 0.0269. The van der Waals surface area contributed by atoms with Gasteiger partial charge in [-0.3, -0.25) is 4.79 Å². The van der Waals surface area contributed by atoms with Crippen LogP contribution in [-0.2, 0) is 4.79 Å². The van der Waals surface area contributed by atoms with E-state index in [1.165, 1.54) is 5.56 Å². The second-order valence-electron chi connectivity index (χ2n) is 5.50. The Hall–Kier alpha value is -1.35. The van der Waals surface area contributed by atoms with Crippen LogP contribution in [0.15, 0.2) is 24.3 Å². The van der Waals surface area contributed by atoms with Crippen LogP contribution < -0.4 is 10.6 Å². The average molecular weight is 262 g/mol. The number of nitrogens with two attached hydrogens (primary N) is 1. The fourth-order valence-corrected chi connectivity index (χ4v) is 1.87. The second-order valence-corrected chi connectivity index (χ2v) is 5.50. The summed E-state index contributed by atoms with van der Waals surface area (Å²) in [5.74, 6) is 0.560. The molecule has 0 aromatic heterocycles. The fourth-order valence-electron chi connectivity index (χ4n) is 1.87. The van der Waals surface area contributed by atoms with Gasteiger partial charge in [0.2, 0.25) is 5.91 Å². The maximum absolute atomic E-state index is 12.6. The van der Waals surface area contributed by atoms with Crippen molar-refractivity contribution in [3.8, 4) is 0 Å². The van der Waals surface area contributed by atoms with Gasteiger partial charge in [-0.1, -0.05) is 38.5 Å². The highest BCUT2D eigenvalue weighted by Gasteiger charge is 2.23. The number of amides is 1. The quantitative estimate of drug-likeness (QED) is 0.856. The summed E-state index contributed by atoms with van der Waals surface area (Å²) in [5.41, 5.74) is 7.75. The summed E-state index contributed by atoms with van der Waals surface area (Å²) >= 11 is 0. The van der Waals surface area contributed by atoms with Crippen molar-refractivity contribution in [3.63, 3.8) is 0 Å². The van der Waals surface area contributed by atoms with E-state index in [1.807, 2.05) is 43.0 Å². The maximum Gasteiger partial charge on any atom is 0.230 e. The Kier molecular flexibility index (Phi) is 6.03. The van der Waals surface area contributed by atoms with Crippen LogP contribution in [0.3, 0.4) is 0 Å². The molecule has 0 heterocycles. The van der Waals surface area contributed by atoms with Gasteiger partial charge in [0.1, 0.15) is 0 Å². The van der Waals surface area contributed by atoms with Crippen LogP contribution in [0, 0.1) is 18.8 Å². The van der Waals surface area contributed by atoms with Crippen LogP contribution in [0.25, 0.3) is 0 Å². The molecule has 1 atom stereocenters. The SMILES string of the molecule is Cc1ccc(N(CCCN)C(=O)C(C)C(C)C)cc1. The molecule has 0 saturated heterocycles. The van der Waals surface area contributed by atoms with Crippen LogP contribution in [0.5, 0.6) is 0 Å². The average Bonchev–Trinajstić information content (AvgIpc) is 2.39. The minimum Gasteiger partial charge on any atom is -0.330 e. The normalized spacial score (nSPS) is 12.5. The first-order valence-corrected chi connectivity index (χ1v) is 7.05. The van der Waals surface area contributed by atoms with Gasteiger partial charge in [0, 0.05) is 18.2 Å². The lowest BCUT2D eigenvalue weighted by Gasteiger charge is -2.27. The lowest BCUT2D eigenvalue weighted by molar-refractivity contribution is -0.123. The molecule has 2 N–H and O–H groups in total. The predicted molar refractivity (Wildman–Crippen MR) is 81.2 cm³/mol. The van der Waals surface area contributed by atoms with E-state index in [0.717, 1.165) is 12.1 Å². The number of aryl methyl sites for hydroxylation is 1. The highest BCUT2D eigenvalue weighted by Crippen LogP contribution is 2.21. The molecule has 3 nitrogen and oxygen atoms in total. The summed E-state index contributed by atoms with van der Waals surface area (Å²) in [7, 11) is 0. The molecule has 19 heavy (non-hydrogen) atoms. The zero-order chi connectivity index (χ0) is 14.4. The van der Waals surface area contributed by atoms with Gasteiger partial charge in [-0.25, -0.2) is 0 Å². The molecule has 0 spiro atoms. The molecule has 0 fully saturated rings. The Labute approximate surface area is 116 Å². The van der Waals surface area contributed by atoms with Gasteiger partial charge in [-0.05, 0) is 37.9 Å². The van der Waals surface area contributed by atoms with Gasteiger partial charge < -0.3 is 10.6 Å². The summed E-state index contributed by atoms with van der Waals surface area (Å²) < 4.78 is 0. The lowest BCUT2D eigenvalue weighted by atomic mass is 9.96. The van der Waals surface area contributed by atoms with Gasteiger partial charge in [0.15, 0.2) is 0 Å². The molecule has 0 radical (unpaired) electrons.